The standard InChI is InChI=1S/C12H24BrNS/c1-10-8-14(5-6-15-10)9-11(7-13)12(2,3)4/h10-11H,5-9H2,1-4H3. The van der Waals surface area contributed by atoms with Crippen LogP contribution in [0.1, 0.15) is 27.7 Å². The fourth-order valence-corrected chi connectivity index (χ4v) is 4.18. The summed E-state index contributed by atoms with van der Waals surface area (Å²) in [4.78, 5) is 2.64. The molecule has 0 aromatic carbocycles. The van der Waals surface area contributed by atoms with Gasteiger partial charge in [-0.25, -0.2) is 0 Å². The summed E-state index contributed by atoms with van der Waals surface area (Å²) >= 11 is 5.77. The van der Waals surface area contributed by atoms with Gasteiger partial charge >= 0.3 is 0 Å². The van der Waals surface area contributed by atoms with Crippen molar-refractivity contribution in [1.82, 2.24) is 4.90 Å². The van der Waals surface area contributed by atoms with Crippen molar-refractivity contribution in [2.75, 3.05) is 30.7 Å². The van der Waals surface area contributed by atoms with Crippen LogP contribution in [0.25, 0.3) is 0 Å². The molecule has 1 aliphatic rings. The Labute approximate surface area is 107 Å². The molecule has 1 nitrogen and oxygen atoms in total. The van der Waals surface area contributed by atoms with E-state index in [1.54, 1.807) is 0 Å². The quantitative estimate of drug-likeness (QED) is 0.733. The Kier molecular flexibility index (Phi) is 5.47. The van der Waals surface area contributed by atoms with Gasteiger partial charge in [0.05, 0.1) is 0 Å². The third kappa shape index (κ3) is 4.66. The fourth-order valence-electron chi connectivity index (χ4n) is 1.92. The van der Waals surface area contributed by atoms with Gasteiger partial charge < -0.3 is 4.90 Å². The van der Waals surface area contributed by atoms with E-state index >= 15 is 0 Å². The average Bonchev–Trinajstić information content (AvgIpc) is 2.12. The average molecular weight is 294 g/mol. The molecule has 1 rings (SSSR count). The van der Waals surface area contributed by atoms with Crippen molar-refractivity contribution < 1.29 is 0 Å². The molecule has 0 radical (unpaired) electrons. The van der Waals surface area contributed by atoms with Crippen LogP contribution < -0.4 is 0 Å². The topological polar surface area (TPSA) is 3.24 Å². The fraction of sp³-hybridized carbons (Fsp3) is 1.00. The summed E-state index contributed by atoms with van der Waals surface area (Å²) in [6.45, 7) is 13.2. The molecular weight excluding hydrogens is 270 g/mol. The van der Waals surface area contributed by atoms with Gasteiger partial charge in [0.2, 0.25) is 0 Å². The number of halogens is 1. The summed E-state index contributed by atoms with van der Waals surface area (Å²) in [7, 11) is 0. The first-order valence-corrected chi connectivity index (χ1v) is 8.00. The zero-order chi connectivity index (χ0) is 11.5. The lowest BCUT2D eigenvalue weighted by Gasteiger charge is -2.37. The predicted octanol–water partition coefficient (Wildman–Crippen LogP) is 3.48. The second-order valence-corrected chi connectivity index (χ2v) is 7.85. The number of thioether (sulfide) groups is 1. The molecule has 90 valence electrons. The zero-order valence-electron chi connectivity index (χ0n) is 10.4. The largest absolute Gasteiger partial charge is 0.301 e. The zero-order valence-corrected chi connectivity index (χ0v) is 12.8. The molecule has 0 N–H and O–H groups in total. The molecule has 0 amide bonds. The van der Waals surface area contributed by atoms with Crippen LogP contribution in [0, 0.1) is 11.3 Å². The van der Waals surface area contributed by atoms with Gasteiger partial charge in [-0.2, -0.15) is 11.8 Å². The molecule has 3 heteroatoms. The summed E-state index contributed by atoms with van der Waals surface area (Å²) in [5.41, 5.74) is 0.414. The molecule has 2 unspecified atom stereocenters. The molecule has 2 atom stereocenters. The molecule has 0 spiro atoms. The van der Waals surface area contributed by atoms with Crippen LogP contribution in [-0.2, 0) is 0 Å². The lowest BCUT2D eigenvalue weighted by atomic mass is 9.82. The summed E-state index contributed by atoms with van der Waals surface area (Å²) < 4.78 is 0. The highest BCUT2D eigenvalue weighted by Crippen LogP contribution is 2.29. The van der Waals surface area contributed by atoms with Crippen molar-refractivity contribution >= 4 is 27.7 Å². The molecule has 0 bridgehead atoms. The van der Waals surface area contributed by atoms with Crippen LogP contribution >= 0.6 is 27.7 Å². The van der Waals surface area contributed by atoms with Gasteiger partial charge in [-0.3, -0.25) is 0 Å². The Morgan fingerprint density at radius 2 is 2.13 bits per heavy atom. The molecule has 0 aliphatic carbocycles. The maximum absolute atomic E-state index is 3.66. The van der Waals surface area contributed by atoms with Crippen LogP contribution in [0.2, 0.25) is 0 Å². The highest BCUT2D eigenvalue weighted by Gasteiger charge is 2.27. The Balaban J connectivity index is 2.44. The van der Waals surface area contributed by atoms with Gasteiger partial charge in [0.15, 0.2) is 0 Å². The minimum atomic E-state index is 0.414. The Bertz CT molecular complexity index is 191. The SMILES string of the molecule is CC1CN(CC(CBr)C(C)(C)C)CCS1. The molecule has 1 fully saturated rings. The summed E-state index contributed by atoms with van der Waals surface area (Å²) in [5.74, 6) is 2.06. The van der Waals surface area contributed by atoms with E-state index in [1.807, 2.05) is 0 Å². The van der Waals surface area contributed by atoms with Crippen molar-refractivity contribution in [2.45, 2.75) is 32.9 Å². The smallest absolute Gasteiger partial charge is 0.0147 e. The van der Waals surface area contributed by atoms with E-state index in [4.69, 9.17) is 0 Å². The van der Waals surface area contributed by atoms with Crippen LogP contribution in [0.3, 0.4) is 0 Å². The predicted molar refractivity (Wildman–Crippen MR) is 75.1 cm³/mol. The summed E-state index contributed by atoms with van der Waals surface area (Å²) in [6.07, 6.45) is 0. The van der Waals surface area contributed by atoms with E-state index in [0.29, 0.717) is 5.41 Å². The lowest BCUT2D eigenvalue weighted by molar-refractivity contribution is 0.170. The van der Waals surface area contributed by atoms with Crippen LogP contribution in [-0.4, -0.2) is 40.9 Å². The highest BCUT2D eigenvalue weighted by molar-refractivity contribution is 9.09. The van der Waals surface area contributed by atoms with Crippen molar-refractivity contribution in [1.29, 1.82) is 0 Å². The molecule has 1 aliphatic heterocycles. The molecular formula is C12H24BrNS. The monoisotopic (exact) mass is 293 g/mol. The highest BCUT2D eigenvalue weighted by atomic mass is 79.9. The van der Waals surface area contributed by atoms with E-state index < -0.39 is 0 Å². The third-order valence-electron chi connectivity index (χ3n) is 3.21. The first-order chi connectivity index (χ1) is 6.93. The number of alkyl halides is 1. The van der Waals surface area contributed by atoms with Gasteiger partial charge in [0.25, 0.3) is 0 Å². The lowest BCUT2D eigenvalue weighted by Crippen LogP contribution is -2.42. The first kappa shape index (κ1) is 13.9. The van der Waals surface area contributed by atoms with Crippen LogP contribution in [0.4, 0.5) is 0 Å². The molecule has 1 heterocycles. The maximum Gasteiger partial charge on any atom is 0.0147 e. The second kappa shape index (κ2) is 5.92. The Hall–Kier alpha value is 0.790. The van der Waals surface area contributed by atoms with Crippen molar-refractivity contribution in [2.24, 2.45) is 11.3 Å². The number of rotatable bonds is 3. The molecule has 15 heavy (non-hydrogen) atoms. The summed E-state index contributed by atoms with van der Waals surface area (Å²) in [5, 5.41) is 1.93. The van der Waals surface area contributed by atoms with E-state index in [0.717, 1.165) is 16.5 Å². The normalized spacial score (nSPS) is 26.6. The van der Waals surface area contributed by atoms with Crippen molar-refractivity contribution in [3.8, 4) is 0 Å². The van der Waals surface area contributed by atoms with Crippen LogP contribution in [0.15, 0.2) is 0 Å². The number of hydrogen-bond donors (Lipinski definition) is 0. The molecule has 1 saturated heterocycles. The van der Waals surface area contributed by atoms with Gasteiger partial charge in [0, 0.05) is 36.0 Å². The minimum absolute atomic E-state index is 0.414. The van der Waals surface area contributed by atoms with E-state index in [2.05, 4.69) is 60.3 Å². The van der Waals surface area contributed by atoms with E-state index in [-0.39, 0.29) is 0 Å². The minimum Gasteiger partial charge on any atom is -0.301 e. The van der Waals surface area contributed by atoms with Crippen LogP contribution in [0.5, 0.6) is 0 Å². The van der Waals surface area contributed by atoms with Gasteiger partial charge in [0.1, 0.15) is 0 Å². The summed E-state index contributed by atoms with van der Waals surface area (Å²) in [6, 6.07) is 0. The maximum atomic E-state index is 3.66. The van der Waals surface area contributed by atoms with Gasteiger partial charge in [-0.15, -0.1) is 0 Å². The van der Waals surface area contributed by atoms with Gasteiger partial charge in [-0.1, -0.05) is 43.6 Å². The number of hydrogen-bond acceptors (Lipinski definition) is 2. The third-order valence-corrected chi connectivity index (χ3v) is 5.13. The first-order valence-electron chi connectivity index (χ1n) is 5.83. The van der Waals surface area contributed by atoms with Gasteiger partial charge in [-0.05, 0) is 11.3 Å². The Morgan fingerprint density at radius 3 is 2.60 bits per heavy atom. The number of nitrogens with zero attached hydrogens (tertiary/aromatic N) is 1. The molecule has 0 aromatic rings. The van der Waals surface area contributed by atoms with E-state index in [1.165, 1.54) is 25.4 Å². The molecule has 0 aromatic heterocycles. The second-order valence-electron chi connectivity index (χ2n) is 5.66. The van der Waals surface area contributed by atoms with E-state index in [9.17, 15) is 0 Å². The van der Waals surface area contributed by atoms with Crippen molar-refractivity contribution in [3.05, 3.63) is 0 Å². The molecule has 0 saturated carbocycles. The van der Waals surface area contributed by atoms with Crippen molar-refractivity contribution in [3.63, 3.8) is 0 Å². The Morgan fingerprint density at radius 1 is 1.47 bits per heavy atom.